The number of hydrogen-bond acceptors (Lipinski definition) is 5. The number of aliphatic carboxylic acids is 1. The minimum Gasteiger partial charge on any atom is -0.481 e. The highest BCUT2D eigenvalue weighted by molar-refractivity contribution is 5.79. The van der Waals surface area contributed by atoms with Crippen LogP contribution in [0.3, 0.4) is 0 Å². The van der Waals surface area contributed by atoms with E-state index in [0.29, 0.717) is 13.2 Å². The number of carboxylic acids is 1. The molecule has 0 bridgehead atoms. The summed E-state index contributed by atoms with van der Waals surface area (Å²) in [5.41, 5.74) is -0.942. The van der Waals surface area contributed by atoms with E-state index in [0.717, 1.165) is 0 Å². The molecule has 0 aliphatic rings. The summed E-state index contributed by atoms with van der Waals surface area (Å²) >= 11 is 0. The van der Waals surface area contributed by atoms with Crippen molar-refractivity contribution in [2.45, 2.75) is 18.9 Å². The maximum absolute atomic E-state index is 11.6. The number of amides is 1. The quantitative estimate of drug-likeness (QED) is 0.523. The number of ether oxygens (including phenoxy) is 3. The highest BCUT2D eigenvalue weighted by Crippen LogP contribution is 2.10. The summed E-state index contributed by atoms with van der Waals surface area (Å²) in [5.74, 6) is -1.39. The maximum Gasteiger partial charge on any atom is 0.305 e. The smallest absolute Gasteiger partial charge is 0.305 e. The molecule has 7 heteroatoms. The molecule has 0 aromatic carbocycles. The van der Waals surface area contributed by atoms with Crippen molar-refractivity contribution >= 4 is 11.9 Å². The minimum absolute atomic E-state index is 0.114. The van der Waals surface area contributed by atoms with Crippen molar-refractivity contribution in [1.82, 2.24) is 5.32 Å². The maximum atomic E-state index is 11.6. The van der Waals surface area contributed by atoms with Crippen molar-refractivity contribution in [3.05, 3.63) is 0 Å². The molecule has 18 heavy (non-hydrogen) atoms. The van der Waals surface area contributed by atoms with Crippen LogP contribution in [0.15, 0.2) is 0 Å². The van der Waals surface area contributed by atoms with Crippen LogP contribution in [-0.2, 0) is 23.8 Å². The van der Waals surface area contributed by atoms with Gasteiger partial charge in [-0.25, -0.2) is 0 Å². The summed E-state index contributed by atoms with van der Waals surface area (Å²) in [7, 11) is 2.98. The van der Waals surface area contributed by atoms with Crippen LogP contribution in [0.25, 0.3) is 0 Å². The number of carbonyl (C=O) groups is 2. The van der Waals surface area contributed by atoms with Crippen LogP contribution in [0.4, 0.5) is 0 Å². The number of methoxy groups -OCH3 is 2. The van der Waals surface area contributed by atoms with Crippen molar-refractivity contribution in [1.29, 1.82) is 0 Å². The zero-order valence-corrected chi connectivity index (χ0v) is 11.0. The van der Waals surface area contributed by atoms with Gasteiger partial charge in [0.2, 0.25) is 5.91 Å². The zero-order valence-electron chi connectivity index (χ0n) is 11.0. The molecule has 1 atom stereocenters. The molecule has 1 unspecified atom stereocenters. The summed E-state index contributed by atoms with van der Waals surface area (Å²) in [6.07, 6.45) is -0.218. The van der Waals surface area contributed by atoms with Crippen molar-refractivity contribution in [3.63, 3.8) is 0 Å². The van der Waals surface area contributed by atoms with Gasteiger partial charge in [0.15, 0.2) is 0 Å². The van der Waals surface area contributed by atoms with E-state index < -0.39 is 11.5 Å². The van der Waals surface area contributed by atoms with Crippen LogP contribution in [-0.4, -0.2) is 63.2 Å². The van der Waals surface area contributed by atoms with Crippen LogP contribution >= 0.6 is 0 Å². The Hall–Kier alpha value is -1.18. The molecule has 7 nitrogen and oxygen atoms in total. The van der Waals surface area contributed by atoms with Gasteiger partial charge in [-0.2, -0.15) is 0 Å². The van der Waals surface area contributed by atoms with Gasteiger partial charge in [-0.05, 0) is 6.92 Å². The van der Waals surface area contributed by atoms with Gasteiger partial charge in [0.05, 0.1) is 31.8 Å². The molecular formula is C11H21NO6. The van der Waals surface area contributed by atoms with Crippen molar-refractivity contribution in [3.8, 4) is 0 Å². The van der Waals surface area contributed by atoms with Crippen LogP contribution < -0.4 is 5.32 Å². The van der Waals surface area contributed by atoms with Gasteiger partial charge in [-0.1, -0.05) is 0 Å². The second kappa shape index (κ2) is 8.84. The average molecular weight is 263 g/mol. The first-order valence-electron chi connectivity index (χ1n) is 5.52. The molecule has 0 aliphatic carbocycles. The van der Waals surface area contributed by atoms with E-state index in [2.05, 4.69) is 5.32 Å². The Morgan fingerprint density at radius 1 is 1.22 bits per heavy atom. The van der Waals surface area contributed by atoms with Gasteiger partial charge in [-0.3, -0.25) is 9.59 Å². The van der Waals surface area contributed by atoms with Gasteiger partial charge < -0.3 is 24.6 Å². The lowest BCUT2D eigenvalue weighted by Crippen LogP contribution is -2.51. The van der Waals surface area contributed by atoms with Crippen LogP contribution in [0.1, 0.15) is 13.3 Å². The van der Waals surface area contributed by atoms with Gasteiger partial charge in [0.25, 0.3) is 0 Å². The molecule has 0 saturated heterocycles. The molecule has 0 rings (SSSR count). The first-order valence-corrected chi connectivity index (χ1v) is 5.52. The van der Waals surface area contributed by atoms with Gasteiger partial charge in [0, 0.05) is 14.2 Å². The summed E-state index contributed by atoms with van der Waals surface area (Å²) in [5, 5.41) is 11.4. The fourth-order valence-electron chi connectivity index (χ4n) is 1.46. The molecule has 0 fully saturated rings. The fourth-order valence-corrected chi connectivity index (χ4v) is 1.46. The standard InChI is InChI=1S/C11H21NO6/c1-11(8-17-3,6-10(14)15)12-9(13)7-18-5-4-16-2/h4-8H2,1-3H3,(H,12,13)(H,14,15). The van der Waals surface area contributed by atoms with Crippen molar-refractivity contribution < 1.29 is 28.9 Å². The zero-order chi connectivity index (χ0) is 14.0. The van der Waals surface area contributed by atoms with Crippen LogP contribution in [0, 0.1) is 0 Å². The lowest BCUT2D eigenvalue weighted by Gasteiger charge is -2.28. The Kier molecular flexibility index (Phi) is 8.27. The molecular weight excluding hydrogens is 242 g/mol. The monoisotopic (exact) mass is 263 g/mol. The Labute approximate surface area is 106 Å². The Morgan fingerprint density at radius 3 is 2.39 bits per heavy atom. The molecule has 0 radical (unpaired) electrons. The second-order valence-electron chi connectivity index (χ2n) is 4.16. The van der Waals surface area contributed by atoms with Crippen molar-refractivity contribution in [2.75, 3.05) is 40.6 Å². The normalized spacial score (nSPS) is 13.9. The van der Waals surface area contributed by atoms with E-state index in [-0.39, 0.29) is 25.5 Å². The van der Waals surface area contributed by atoms with E-state index in [9.17, 15) is 9.59 Å². The third-order valence-corrected chi connectivity index (χ3v) is 2.11. The molecule has 0 aliphatic heterocycles. The number of rotatable bonds is 10. The second-order valence-corrected chi connectivity index (χ2v) is 4.16. The Balaban J connectivity index is 4.14. The number of carboxylic acid groups (broad SMARTS) is 1. The summed E-state index contributed by atoms with van der Waals surface area (Å²) in [6.45, 7) is 2.30. The molecule has 2 N–H and O–H groups in total. The van der Waals surface area contributed by atoms with E-state index in [1.54, 1.807) is 6.92 Å². The molecule has 0 aromatic rings. The highest BCUT2D eigenvalue weighted by Gasteiger charge is 2.29. The lowest BCUT2D eigenvalue weighted by atomic mass is 9.99. The topological polar surface area (TPSA) is 94.1 Å². The average Bonchev–Trinajstić information content (AvgIpc) is 2.23. The number of carbonyl (C=O) groups excluding carboxylic acids is 1. The number of nitrogens with one attached hydrogen (secondary N) is 1. The first-order chi connectivity index (χ1) is 8.43. The Bertz CT molecular complexity index is 270. The summed E-state index contributed by atoms with van der Waals surface area (Å²) < 4.78 is 14.7. The van der Waals surface area contributed by atoms with E-state index >= 15 is 0 Å². The highest BCUT2D eigenvalue weighted by atomic mass is 16.5. The molecule has 0 heterocycles. The van der Waals surface area contributed by atoms with E-state index in [1.807, 2.05) is 0 Å². The van der Waals surface area contributed by atoms with E-state index in [1.165, 1.54) is 14.2 Å². The third kappa shape index (κ3) is 7.99. The third-order valence-electron chi connectivity index (χ3n) is 2.11. The number of hydrogen-bond donors (Lipinski definition) is 2. The summed E-state index contributed by atoms with van der Waals surface area (Å²) in [6, 6.07) is 0. The predicted molar refractivity (Wildman–Crippen MR) is 63.4 cm³/mol. The van der Waals surface area contributed by atoms with Crippen LogP contribution in [0.2, 0.25) is 0 Å². The van der Waals surface area contributed by atoms with Gasteiger partial charge >= 0.3 is 5.97 Å². The molecule has 0 aromatic heterocycles. The molecule has 0 spiro atoms. The minimum atomic E-state index is -1.00. The van der Waals surface area contributed by atoms with E-state index in [4.69, 9.17) is 19.3 Å². The Morgan fingerprint density at radius 2 is 1.89 bits per heavy atom. The molecule has 106 valence electrons. The van der Waals surface area contributed by atoms with Gasteiger partial charge in [0.1, 0.15) is 6.61 Å². The first kappa shape index (κ1) is 16.8. The van der Waals surface area contributed by atoms with Crippen LogP contribution in [0.5, 0.6) is 0 Å². The van der Waals surface area contributed by atoms with Gasteiger partial charge in [-0.15, -0.1) is 0 Å². The SMILES string of the molecule is COCCOCC(=O)NC(C)(COC)CC(=O)O. The molecule has 0 saturated carbocycles. The summed E-state index contributed by atoms with van der Waals surface area (Å²) in [4.78, 5) is 22.3. The largest absolute Gasteiger partial charge is 0.481 e. The molecule has 1 amide bonds. The fraction of sp³-hybridized carbons (Fsp3) is 0.818. The predicted octanol–water partition coefficient (Wildman–Crippen LogP) is -0.355. The lowest BCUT2D eigenvalue weighted by molar-refractivity contribution is -0.140. The van der Waals surface area contributed by atoms with Crippen molar-refractivity contribution in [2.24, 2.45) is 0 Å².